The van der Waals surface area contributed by atoms with Crippen molar-refractivity contribution in [1.29, 1.82) is 0 Å². The molecule has 0 atom stereocenters. The molecule has 0 fully saturated rings. The van der Waals surface area contributed by atoms with E-state index in [1.165, 1.54) is 21.1 Å². The molecule has 2 amide bonds. The van der Waals surface area contributed by atoms with Crippen LogP contribution in [0, 0.1) is 6.92 Å². The minimum absolute atomic E-state index is 0.230. The average Bonchev–Trinajstić information content (AvgIpc) is 2.55. The lowest BCUT2D eigenvalue weighted by Gasteiger charge is -2.16. The quantitative estimate of drug-likeness (QED) is 0.883. The molecule has 2 aromatic rings. The number of ether oxygens (including phenoxy) is 2. The number of carbonyl (C=O) groups excluding carboxylic acids is 2. The molecule has 6 nitrogen and oxygen atoms in total. The summed E-state index contributed by atoms with van der Waals surface area (Å²) >= 11 is 0. The van der Waals surface area contributed by atoms with Gasteiger partial charge in [0.15, 0.2) is 0 Å². The number of aryl methyl sites for hydroxylation is 1. The Balaban J connectivity index is 2.37. The highest BCUT2D eigenvalue weighted by molar-refractivity contribution is 6.06. The maximum atomic E-state index is 12.5. The summed E-state index contributed by atoms with van der Waals surface area (Å²) in [7, 11) is 2.98. The molecule has 0 aliphatic rings. The van der Waals surface area contributed by atoms with Crippen molar-refractivity contribution in [3.63, 3.8) is 0 Å². The lowest BCUT2D eigenvalue weighted by molar-refractivity contribution is -0.114. The van der Waals surface area contributed by atoms with E-state index in [1.807, 2.05) is 19.1 Å². The van der Waals surface area contributed by atoms with Crippen molar-refractivity contribution in [2.45, 2.75) is 13.8 Å². The van der Waals surface area contributed by atoms with Crippen molar-refractivity contribution in [2.75, 3.05) is 24.9 Å². The van der Waals surface area contributed by atoms with Crippen LogP contribution in [-0.2, 0) is 4.79 Å². The van der Waals surface area contributed by atoms with Crippen molar-refractivity contribution in [1.82, 2.24) is 0 Å². The van der Waals surface area contributed by atoms with Crippen LogP contribution in [0.5, 0.6) is 11.5 Å². The van der Waals surface area contributed by atoms with Gasteiger partial charge in [-0.25, -0.2) is 0 Å². The second-order valence-electron chi connectivity index (χ2n) is 5.20. The molecule has 24 heavy (non-hydrogen) atoms. The number of methoxy groups -OCH3 is 2. The zero-order valence-corrected chi connectivity index (χ0v) is 14.1. The van der Waals surface area contributed by atoms with Crippen LogP contribution >= 0.6 is 0 Å². The summed E-state index contributed by atoms with van der Waals surface area (Å²) in [5, 5.41) is 5.48. The minimum Gasteiger partial charge on any atom is -0.494 e. The van der Waals surface area contributed by atoms with Gasteiger partial charge in [-0.3, -0.25) is 9.59 Å². The zero-order valence-electron chi connectivity index (χ0n) is 14.1. The predicted molar refractivity (Wildman–Crippen MR) is 93.0 cm³/mol. The van der Waals surface area contributed by atoms with E-state index >= 15 is 0 Å². The Bertz CT molecular complexity index is 772. The fourth-order valence-electron chi connectivity index (χ4n) is 2.30. The van der Waals surface area contributed by atoms with Gasteiger partial charge in [-0.05, 0) is 18.6 Å². The van der Waals surface area contributed by atoms with Gasteiger partial charge in [0.2, 0.25) is 5.91 Å². The molecule has 2 N–H and O–H groups in total. The Hall–Kier alpha value is -3.02. The first-order valence-electron chi connectivity index (χ1n) is 7.37. The molecule has 0 aliphatic carbocycles. The largest absolute Gasteiger partial charge is 0.494 e. The van der Waals surface area contributed by atoms with E-state index < -0.39 is 0 Å². The molecular weight excluding hydrogens is 308 g/mol. The summed E-state index contributed by atoms with van der Waals surface area (Å²) in [6, 6.07) is 10.5. The number of hydrogen-bond donors (Lipinski definition) is 2. The Morgan fingerprint density at radius 2 is 1.46 bits per heavy atom. The number of carbonyl (C=O) groups is 2. The van der Waals surface area contributed by atoms with Crippen molar-refractivity contribution < 1.29 is 19.1 Å². The van der Waals surface area contributed by atoms with Crippen LogP contribution in [0.3, 0.4) is 0 Å². The fourth-order valence-corrected chi connectivity index (χ4v) is 2.30. The Morgan fingerprint density at radius 1 is 0.917 bits per heavy atom. The highest BCUT2D eigenvalue weighted by atomic mass is 16.5. The van der Waals surface area contributed by atoms with Crippen LogP contribution < -0.4 is 20.1 Å². The molecule has 0 radical (unpaired) electrons. The van der Waals surface area contributed by atoms with Crippen LogP contribution in [0.4, 0.5) is 11.4 Å². The highest BCUT2D eigenvalue weighted by Gasteiger charge is 2.16. The summed E-state index contributed by atoms with van der Waals surface area (Å²) in [4.78, 5) is 23.8. The fraction of sp³-hybridized carbons (Fsp3) is 0.222. The van der Waals surface area contributed by atoms with Crippen molar-refractivity contribution in [3.8, 4) is 11.5 Å². The van der Waals surface area contributed by atoms with E-state index in [0.29, 0.717) is 28.4 Å². The molecule has 0 aromatic heterocycles. The van der Waals surface area contributed by atoms with E-state index in [1.54, 1.807) is 24.3 Å². The number of hydrogen-bond acceptors (Lipinski definition) is 4. The smallest absolute Gasteiger partial charge is 0.256 e. The van der Waals surface area contributed by atoms with E-state index in [4.69, 9.17) is 9.47 Å². The molecule has 6 heteroatoms. The standard InChI is InChI=1S/C18H20N2O4/c1-11-7-5-6-8-13(11)18(22)20-15-10-16(23-3)14(19-12(2)21)9-17(15)24-4/h5-10H,1-4H3,(H,19,21)(H,20,22). The van der Waals surface area contributed by atoms with Gasteiger partial charge in [0.25, 0.3) is 5.91 Å². The second-order valence-corrected chi connectivity index (χ2v) is 5.20. The topological polar surface area (TPSA) is 76.7 Å². The Kier molecular flexibility index (Phi) is 5.42. The first-order chi connectivity index (χ1) is 11.5. The minimum atomic E-state index is -0.249. The number of nitrogens with one attached hydrogen (secondary N) is 2. The SMILES string of the molecule is COc1cc(NC(=O)c2ccccc2C)c(OC)cc1NC(C)=O. The molecule has 0 heterocycles. The maximum Gasteiger partial charge on any atom is 0.256 e. The van der Waals surface area contributed by atoms with E-state index in [0.717, 1.165) is 5.56 Å². The van der Waals surface area contributed by atoms with Gasteiger partial charge in [-0.15, -0.1) is 0 Å². The highest BCUT2D eigenvalue weighted by Crippen LogP contribution is 2.36. The number of anilines is 2. The summed E-state index contributed by atoms with van der Waals surface area (Å²) in [6.07, 6.45) is 0. The van der Waals surface area contributed by atoms with Crippen LogP contribution in [0.1, 0.15) is 22.8 Å². The molecule has 0 aliphatic heterocycles. The molecule has 2 rings (SSSR count). The van der Waals surface area contributed by atoms with Gasteiger partial charge < -0.3 is 20.1 Å². The van der Waals surface area contributed by atoms with E-state index in [9.17, 15) is 9.59 Å². The molecular formula is C18H20N2O4. The first kappa shape index (κ1) is 17.3. The molecule has 0 spiro atoms. The van der Waals surface area contributed by atoms with E-state index in [-0.39, 0.29) is 11.8 Å². The van der Waals surface area contributed by atoms with Crippen LogP contribution in [0.2, 0.25) is 0 Å². The van der Waals surface area contributed by atoms with E-state index in [2.05, 4.69) is 10.6 Å². The predicted octanol–water partition coefficient (Wildman–Crippen LogP) is 3.22. The average molecular weight is 328 g/mol. The Morgan fingerprint density at radius 3 is 1.96 bits per heavy atom. The zero-order chi connectivity index (χ0) is 17.7. The summed E-state index contributed by atoms with van der Waals surface area (Å²) < 4.78 is 10.6. The third kappa shape index (κ3) is 3.84. The van der Waals surface area contributed by atoms with Gasteiger partial charge >= 0.3 is 0 Å². The van der Waals surface area contributed by atoms with Crippen molar-refractivity contribution in [3.05, 3.63) is 47.5 Å². The Labute approximate surface area is 140 Å². The molecule has 0 saturated carbocycles. The molecule has 0 unspecified atom stereocenters. The molecule has 0 saturated heterocycles. The van der Waals surface area contributed by atoms with Gasteiger partial charge in [0.05, 0.1) is 25.6 Å². The normalized spacial score (nSPS) is 10.0. The molecule has 126 valence electrons. The van der Waals surface area contributed by atoms with Gasteiger partial charge in [0.1, 0.15) is 11.5 Å². The van der Waals surface area contributed by atoms with Gasteiger partial charge in [-0.2, -0.15) is 0 Å². The maximum absolute atomic E-state index is 12.5. The van der Waals surface area contributed by atoms with Crippen LogP contribution in [0.15, 0.2) is 36.4 Å². The summed E-state index contributed by atoms with van der Waals surface area (Å²) in [6.45, 7) is 3.27. The van der Waals surface area contributed by atoms with Crippen LogP contribution in [-0.4, -0.2) is 26.0 Å². The monoisotopic (exact) mass is 328 g/mol. The third-order valence-electron chi connectivity index (χ3n) is 3.47. The number of amides is 2. The van der Waals surface area contributed by atoms with Crippen molar-refractivity contribution >= 4 is 23.2 Å². The lowest BCUT2D eigenvalue weighted by Crippen LogP contribution is -2.14. The summed E-state index contributed by atoms with van der Waals surface area (Å²) in [5.41, 5.74) is 2.37. The van der Waals surface area contributed by atoms with Gasteiger partial charge in [0, 0.05) is 24.6 Å². The van der Waals surface area contributed by atoms with Crippen LogP contribution in [0.25, 0.3) is 0 Å². The van der Waals surface area contributed by atoms with Gasteiger partial charge in [-0.1, -0.05) is 18.2 Å². The second kappa shape index (κ2) is 7.50. The lowest BCUT2D eigenvalue weighted by atomic mass is 10.1. The summed E-state index contributed by atoms with van der Waals surface area (Å²) in [5.74, 6) is 0.361. The first-order valence-corrected chi connectivity index (χ1v) is 7.37. The molecule has 0 bridgehead atoms. The van der Waals surface area contributed by atoms with Crippen molar-refractivity contribution in [2.24, 2.45) is 0 Å². The third-order valence-corrected chi connectivity index (χ3v) is 3.47. The molecule has 2 aromatic carbocycles. The number of rotatable bonds is 5. The number of benzene rings is 2.